The largest absolute Gasteiger partial charge is 0.527 e. The lowest BCUT2D eigenvalue weighted by molar-refractivity contribution is -0.141. The first-order valence-corrected chi connectivity index (χ1v) is 3.45. The predicted octanol–water partition coefficient (Wildman–Crippen LogP) is 0.846. The number of rotatable bonds is 1. The fraction of sp³-hybridized carbons (Fsp3) is 0.833. The molecule has 0 radical (unpaired) electrons. The molecule has 0 spiro atoms. The Morgan fingerprint density at radius 1 is 1.60 bits per heavy atom. The van der Waals surface area contributed by atoms with Crippen LogP contribution >= 0.6 is 0 Å². The third-order valence-electron chi connectivity index (χ3n) is 1.49. The van der Waals surface area contributed by atoms with Crippen molar-refractivity contribution in [3.63, 3.8) is 0 Å². The van der Waals surface area contributed by atoms with Gasteiger partial charge in [0.1, 0.15) is 5.60 Å². The minimum Gasteiger partial charge on any atom is -0.507 e. The second-order valence-electron chi connectivity index (χ2n) is 2.87. The van der Waals surface area contributed by atoms with Crippen LogP contribution in [-0.4, -0.2) is 18.7 Å². The number of hydrogen-bond acceptors (Lipinski definition) is 3. The maximum atomic E-state index is 10.9. The smallest absolute Gasteiger partial charge is 0.507 e. The van der Waals surface area contributed by atoms with Crippen LogP contribution in [0, 0.1) is 0 Å². The van der Waals surface area contributed by atoms with Gasteiger partial charge in [0.15, 0.2) is 0 Å². The van der Waals surface area contributed by atoms with Crippen molar-refractivity contribution in [3.05, 3.63) is 0 Å². The number of hydrogen-bond donors (Lipinski definition) is 0. The second kappa shape index (κ2) is 2.27. The summed E-state index contributed by atoms with van der Waals surface area (Å²) in [6.07, 6.45) is 0.717. The van der Waals surface area contributed by atoms with Crippen molar-refractivity contribution in [1.29, 1.82) is 0 Å². The number of carbonyl (C=O) groups excluding carboxylic acids is 1. The van der Waals surface area contributed by atoms with E-state index in [0.717, 1.165) is 6.32 Å². The molecule has 56 valence electrons. The van der Waals surface area contributed by atoms with Gasteiger partial charge in [-0.1, -0.05) is 6.92 Å². The minimum absolute atomic E-state index is 0.264. The van der Waals surface area contributed by atoms with Crippen LogP contribution in [0.15, 0.2) is 0 Å². The summed E-state index contributed by atoms with van der Waals surface area (Å²) in [5.74, 6) is -0.264. The highest BCUT2D eigenvalue weighted by Gasteiger charge is 2.44. The summed E-state index contributed by atoms with van der Waals surface area (Å²) in [4.78, 5) is 10.9. The lowest BCUT2D eigenvalue weighted by atomic mass is 9.87. The molecule has 0 saturated carbocycles. The highest BCUT2D eigenvalue weighted by atomic mass is 16.7. The fourth-order valence-corrected chi connectivity index (χ4v) is 0.829. The monoisotopic (exact) mass is 142 g/mol. The van der Waals surface area contributed by atoms with Crippen LogP contribution < -0.4 is 0 Å². The Kier molecular flexibility index (Phi) is 1.73. The standard InChI is InChI=1S/C6H11BO3/c1-4-7-9-5(8)6(2,3)10-7/h4H2,1-3H3. The predicted molar refractivity (Wildman–Crippen MR) is 37.5 cm³/mol. The van der Waals surface area contributed by atoms with Crippen LogP contribution in [0.1, 0.15) is 20.8 Å². The molecule has 0 N–H and O–H groups in total. The van der Waals surface area contributed by atoms with E-state index in [0.29, 0.717) is 0 Å². The van der Waals surface area contributed by atoms with Gasteiger partial charge in [-0.2, -0.15) is 0 Å². The van der Waals surface area contributed by atoms with Crippen molar-refractivity contribution in [2.75, 3.05) is 0 Å². The van der Waals surface area contributed by atoms with Gasteiger partial charge in [0.05, 0.1) is 0 Å². The summed E-state index contributed by atoms with van der Waals surface area (Å²) < 4.78 is 10.1. The van der Waals surface area contributed by atoms with E-state index in [1.807, 2.05) is 6.92 Å². The second-order valence-corrected chi connectivity index (χ2v) is 2.87. The lowest BCUT2D eigenvalue weighted by Gasteiger charge is -2.10. The quantitative estimate of drug-likeness (QED) is 0.509. The Bertz CT molecular complexity index is 155. The maximum absolute atomic E-state index is 10.9. The van der Waals surface area contributed by atoms with Gasteiger partial charge in [-0.15, -0.1) is 0 Å². The molecule has 1 fully saturated rings. The highest BCUT2D eigenvalue weighted by molar-refractivity contribution is 6.49. The van der Waals surface area contributed by atoms with Gasteiger partial charge < -0.3 is 9.31 Å². The summed E-state index contributed by atoms with van der Waals surface area (Å²) >= 11 is 0. The van der Waals surface area contributed by atoms with Crippen LogP contribution in [-0.2, 0) is 14.1 Å². The molecule has 0 unspecified atom stereocenters. The highest BCUT2D eigenvalue weighted by Crippen LogP contribution is 2.22. The van der Waals surface area contributed by atoms with Crippen LogP contribution in [0.5, 0.6) is 0 Å². The van der Waals surface area contributed by atoms with E-state index in [9.17, 15) is 4.79 Å². The van der Waals surface area contributed by atoms with E-state index in [2.05, 4.69) is 0 Å². The summed E-state index contributed by atoms with van der Waals surface area (Å²) in [7, 11) is -0.331. The molecule has 1 rings (SSSR count). The summed E-state index contributed by atoms with van der Waals surface area (Å²) in [5, 5.41) is 0. The molecule has 0 amide bonds. The van der Waals surface area contributed by atoms with E-state index in [-0.39, 0.29) is 13.1 Å². The van der Waals surface area contributed by atoms with Crippen molar-refractivity contribution in [3.8, 4) is 0 Å². The Morgan fingerprint density at radius 3 is 2.40 bits per heavy atom. The summed E-state index contributed by atoms with van der Waals surface area (Å²) in [5.41, 5.74) is -0.735. The third-order valence-corrected chi connectivity index (χ3v) is 1.49. The molecular weight excluding hydrogens is 131 g/mol. The molecule has 0 bridgehead atoms. The van der Waals surface area contributed by atoms with Gasteiger partial charge in [-0.25, -0.2) is 0 Å². The van der Waals surface area contributed by atoms with E-state index in [1.54, 1.807) is 13.8 Å². The van der Waals surface area contributed by atoms with Gasteiger partial charge in [0.25, 0.3) is 0 Å². The van der Waals surface area contributed by atoms with Gasteiger partial charge in [0.2, 0.25) is 0 Å². The average Bonchev–Trinajstić information content (AvgIpc) is 2.08. The maximum Gasteiger partial charge on any atom is 0.527 e. The molecule has 0 aromatic carbocycles. The molecule has 1 aliphatic rings. The van der Waals surface area contributed by atoms with Crippen LogP contribution in [0.4, 0.5) is 0 Å². The first-order valence-electron chi connectivity index (χ1n) is 3.45. The summed E-state index contributed by atoms with van der Waals surface area (Å²) in [6, 6.07) is 0. The molecule has 0 aromatic rings. The molecule has 0 atom stereocenters. The molecule has 1 heterocycles. The van der Waals surface area contributed by atoms with Crippen molar-refractivity contribution < 1.29 is 14.1 Å². The Hall–Kier alpha value is -0.505. The first-order chi connectivity index (χ1) is 4.56. The first kappa shape index (κ1) is 7.60. The van der Waals surface area contributed by atoms with Gasteiger partial charge in [0, 0.05) is 0 Å². The Balaban J connectivity index is 2.62. The summed E-state index contributed by atoms with van der Waals surface area (Å²) in [6.45, 7) is 5.34. The molecule has 0 aromatic heterocycles. The van der Waals surface area contributed by atoms with E-state index < -0.39 is 5.60 Å². The minimum atomic E-state index is -0.735. The molecule has 3 nitrogen and oxygen atoms in total. The molecular formula is C6H11BO3. The van der Waals surface area contributed by atoms with Crippen molar-refractivity contribution in [2.45, 2.75) is 32.7 Å². The fourth-order valence-electron chi connectivity index (χ4n) is 0.829. The zero-order valence-electron chi connectivity index (χ0n) is 6.51. The van der Waals surface area contributed by atoms with Crippen LogP contribution in [0.25, 0.3) is 0 Å². The number of carbonyl (C=O) groups is 1. The van der Waals surface area contributed by atoms with E-state index in [4.69, 9.17) is 9.31 Å². The van der Waals surface area contributed by atoms with Crippen LogP contribution in [0.3, 0.4) is 0 Å². The topological polar surface area (TPSA) is 35.5 Å². The Labute approximate surface area is 60.8 Å². The molecule has 1 saturated heterocycles. The van der Waals surface area contributed by atoms with E-state index >= 15 is 0 Å². The molecule has 1 aliphatic heterocycles. The van der Waals surface area contributed by atoms with Gasteiger partial charge >= 0.3 is 13.1 Å². The normalized spacial score (nSPS) is 23.1. The van der Waals surface area contributed by atoms with Gasteiger partial charge in [-0.3, -0.25) is 4.79 Å². The zero-order chi connectivity index (χ0) is 7.78. The zero-order valence-corrected chi connectivity index (χ0v) is 6.51. The van der Waals surface area contributed by atoms with Crippen molar-refractivity contribution >= 4 is 13.1 Å². The SMILES string of the molecule is CCB1OC(=O)C(C)(C)O1. The molecule has 4 heteroatoms. The van der Waals surface area contributed by atoms with Crippen molar-refractivity contribution in [2.24, 2.45) is 0 Å². The molecule has 0 aliphatic carbocycles. The third kappa shape index (κ3) is 1.16. The van der Waals surface area contributed by atoms with Gasteiger partial charge in [-0.05, 0) is 20.2 Å². The van der Waals surface area contributed by atoms with Crippen molar-refractivity contribution in [1.82, 2.24) is 0 Å². The average molecular weight is 142 g/mol. The Morgan fingerprint density at radius 2 is 2.20 bits per heavy atom. The van der Waals surface area contributed by atoms with Crippen LogP contribution in [0.2, 0.25) is 6.32 Å². The lowest BCUT2D eigenvalue weighted by Crippen LogP contribution is -2.28. The van der Waals surface area contributed by atoms with E-state index in [1.165, 1.54) is 0 Å². The molecule has 10 heavy (non-hydrogen) atoms.